The third-order valence-electron chi connectivity index (χ3n) is 2.52. The van der Waals surface area contributed by atoms with Crippen molar-refractivity contribution in [1.82, 2.24) is 4.31 Å². The van der Waals surface area contributed by atoms with Crippen LogP contribution in [0.5, 0.6) is 0 Å². The van der Waals surface area contributed by atoms with Gasteiger partial charge in [-0.1, -0.05) is 0 Å². The van der Waals surface area contributed by atoms with Crippen molar-refractivity contribution in [3.63, 3.8) is 0 Å². The van der Waals surface area contributed by atoms with E-state index in [-0.39, 0.29) is 9.79 Å². The Bertz CT molecular complexity index is 699. The van der Waals surface area contributed by atoms with Crippen LogP contribution >= 0.6 is 10.7 Å². The van der Waals surface area contributed by atoms with Crippen molar-refractivity contribution in [2.24, 2.45) is 0 Å². The summed E-state index contributed by atoms with van der Waals surface area (Å²) in [4.78, 5) is -0.627. The lowest BCUT2D eigenvalue weighted by Gasteiger charge is -2.18. The van der Waals surface area contributed by atoms with Crippen LogP contribution in [-0.4, -0.2) is 40.9 Å². The summed E-state index contributed by atoms with van der Waals surface area (Å²) in [7, 11) is -2.05. The summed E-state index contributed by atoms with van der Waals surface area (Å²) in [6.07, 6.45) is -5.75. The topological polar surface area (TPSA) is 71.5 Å². The second-order valence-corrected chi connectivity index (χ2v) is 8.71. The Hall–Kier alpha value is -0.840. The fourth-order valence-corrected chi connectivity index (χ4v) is 3.30. The van der Waals surface area contributed by atoms with E-state index >= 15 is 0 Å². The molecule has 0 spiro atoms. The highest BCUT2D eigenvalue weighted by molar-refractivity contribution is 8.13. The van der Waals surface area contributed by atoms with Crippen LogP contribution in [0.4, 0.5) is 13.2 Å². The minimum Gasteiger partial charge on any atom is -0.207 e. The van der Waals surface area contributed by atoms with Crippen LogP contribution in [0.3, 0.4) is 0 Å². The maximum absolute atomic E-state index is 12.1. The molecule has 0 fully saturated rings. The fourth-order valence-electron chi connectivity index (χ4n) is 1.36. The van der Waals surface area contributed by atoms with Gasteiger partial charge in [0.15, 0.2) is 0 Å². The zero-order valence-electron chi connectivity index (χ0n) is 10.6. The summed E-state index contributed by atoms with van der Waals surface area (Å²) in [5, 5.41) is 0. The fraction of sp³-hybridized carbons (Fsp3) is 0.400. The highest BCUT2D eigenvalue weighted by Gasteiger charge is 2.30. The maximum Gasteiger partial charge on any atom is 0.390 e. The lowest BCUT2D eigenvalue weighted by molar-refractivity contribution is -0.135. The molecule has 0 bridgehead atoms. The highest BCUT2D eigenvalue weighted by atomic mass is 35.7. The van der Waals surface area contributed by atoms with Crippen LogP contribution in [-0.2, 0) is 19.1 Å². The zero-order chi connectivity index (χ0) is 16.5. The molecule has 0 radical (unpaired) electrons. The number of hydrogen-bond donors (Lipinski definition) is 0. The SMILES string of the molecule is CN(CCC(F)(F)F)S(=O)(=O)c1ccc(S(=O)(=O)Cl)cc1. The van der Waals surface area contributed by atoms with E-state index in [9.17, 15) is 30.0 Å². The molecule has 21 heavy (non-hydrogen) atoms. The summed E-state index contributed by atoms with van der Waals surface area (Å²) in [6, 6.07) is 3.86. The monoisotopic (exact) mass is 365 g/mol. The third kappa shape index (κ3) is 5.13. The van der Waals surface area contributed by atoms with E-state index in [4.69, 9.17) is 10.7 Å². The van der Waals surface area contributed by atoms with Crippen LogP contribution in [0, 0.1) is 0 Å². The molecule has 120 valence electrons. The van der Waals surface area contributed by atoms with Crippen molar-refractivity contribution in [3.8, 4) is 0 Å². The van der Waals surface area contributed by atoms with E-state index in [1.807, 2.05) is 0 Å². The molecule has 0 aliphatic heterocycles. The molecule has 5 nitrogen and oxygen atoms in total. The molecule has 0 aromatic heterocycles. The number of nitrogens with zero attached hydrogens (tertiary/aromatic N) is 1. The van der Waals surface area contributed by atoms with Gasteiger partial charge in [0.1, 0.15) is 0 Å². The Morgan fingerprint density at radius 2 is 1.48 bits per heavy atom. The van der Waals surface area contributed by atoms with Crippen LogP contribution in [0.2, 0.25) is 0 Å². The summed E-state index contributed by atoms with van der Waals surface area (Å²) in [6.45, 7) is -0.735. The first-order valence-corrected chi connectivity index (χ1v) is 9.17. The first-order valence-electron chi connectivity index (χ1n) is 5.42. The number of sulfonamides is 1. The summed E-state index contributed by atoms with van der Waals surface area (Å²) in [5.74, 6) is 0. The minimum atomic E-state index is -4.47. The molecule has 0 amide bonds. The van der Waals surface area contributed by atoms with Gasteiger partial charge < -0.3 is 0 Å². The molecule has 0 atom stereocenters. The average Bonchev–Trinajstić information content (AvgIpc) is 2.34. The summed E-state index contributed by atoms with van der Waals surface area (Å²) in [5.41, 5.74) is 0. The lowest BCUT2D eigenvalue weighted by Crippen LogP contribution is -2.30. The Balaban J connectivity index is 2.98. The normalized spacial score (nSPS) is 13.6. The maximum atomic E-state index is 12.1. The van der Waals surface area contributed by atoms with Gasteiger partial charge in [-0.15, -0.1) is 0 Å². The average molecular weight is 366 g/mol. The molecule has 0 unspecified atom stereocenters. The molecule has 1 aromatic carbocycles. The van der Waals surface area contributed by atoms with Crippen molar-refractivity contribution in [2.75, 3.05) is 13.6 Å². The second kappa shape index (κ2) is 6.11. The van der Waals surface area contributed by atoms with Crippen LogP contribution < -0.4 is 0 Å². The van der Waals surface area contributed by atoms with E-state index < -0.39 is 38.2 Å². The van der Waals surface area contributed by atoms with Crippen molar-refractivity contribution >= 4 is 29.8 Å². The summed E-state index contributed by atoms with van der Waals surface area (Å²) < 4.78 is 82.8. The van der Waals surface area contributed by atoms with Gasteiger partial charge in [0.2, 0.25) is 10.0 Å². The van der Waals surface area contributed by atoms with Gasteiger partial charge in [0.05, 0.1) is 16.2 Å². The standard InChI is InChI=1S/C10H11ClF3NO4S2/c1-15(7-6-10(12,13)14)21(18,19)9-4-2-8(3-5-9)20(11,16)17/h2-5H,6-7H2,1H3. The van der Waals surface area contributed by atoms with Crippen LogP contribution in [0.1, 0.15) is 6.42 Å². The molecule has 1 rings (SSSR count). The second-order valence-electron chi connectivity index (χ2n) is 4.10. The summed E-state index contributed by atoms with van der Waals surface area (Å²) >= 11 is 0. The largest absolute Gasteiger partial charge is 0.390 e. The molecule has 0 heterocycles. The number of benzene rings is 1. The van der Waals surface area contributed by atoms with Crippen molar-refractivity contribution < 1.29 is 30.0 Å². The Morgan fingerprint density at radius 3 is 1.86 bits per heavy atom. The quantitative estimate of drug-likeness (QED) is 0.750. The highest BCUT2D eigenvalue weighted by Crippen LogP contribution is 2.23. The van der Waals surface area contributed by atoms with Gasteiger partial charge in [-0.25, -0.2) is 21.1 Å². The smallest absolute Gasteiger partial charge is 0.207 e. The first-order chi connectivity index (χ1) is 9.34. The Morgan fingerprint density at radius 1 is 1.05 bits per heavy atom. The number of halogens is 4. The van der Waals surface area contributed by atoms with Gasteiger partial charge in [-0.05, 0) is 24.3 Å². The number of rotatable bonds is 5. The van der Waals surface area contributed by atoms with E-state index in [0.29, 0.717) is 4.31 Å². The number of hydrogen-bond acceptors (Lipinski definition) is 4. The Kier molecular flexibility index (Phi) is 5.30. The molecule has 1 aromatic rings. The van der Waals surface area contributed by atoms with E-state index in [0.717, 1.165) is 31.3 Å². The lowest BCUT2D eigenvalue weighted by atomic mass is 10.4. The predicted molar refractivity (Wildman–Crippen MR) is 70.0 cm³/mol. The zero-order valence-corrected chi connectivity index (χ0v) is 13.0. The molecule has 0 aliphatic carbocycles. The first kappa shape index (κ1) is 18.2. The molecule has 0 N–H and O–H groups in total. The van der Waals surface area contributed by atoms with Crippen molar-refractivity contribution in [1.29, 1.82) is 0 Å². The predicted octanol–water partition coefficient (Wildman–Crippen LogP) is 2.19. The van der Waals surface area contributed by atoms with Crippen molar-refractivity contribution in [3.05, 3.63) is 24.3 Å². The van der Waals surface area contributed by atoms with Gasteiger partial charge in [-0.2, -0.15) is 13.2 Å². The molecule has 11 heteroatoms. The molecular weight excluding hydrogens is 355 g/mol. The van der Waals surface area contributed by atoms with Gasteiger partial charge in [0, 0.05) is 24.3 Å². The van der Waals surface area contributed by atoms with Gasteiger partial charge in [0.25, 0.3) is 9.05 Å². The molecule has 0 aliphatic rings. The van der Waals surface area contributed by atoms with Crippen LogP contribution in [0.25, 0.3) is 0 Å². The Labute approximate surface area is 124 Å². The molecular formula is C10H11ClF3NO4S2. The minimum absolute atomic E-state index is 0.305. The van der Waals surface area contributed by atoms with E-state index in [2.05, 4.69) is 0 Å². The number of alkyl halides is 3. The van der Waals surface area contributed by atoms with Gasteiger partial charge >= 0.3 is 6.18 Å². The van der Waals surface area contributed by atoms with Gasteiger partial charge in [-0.3, -0.25) is 0 Å². The molecule has 0 saturated carbocycles. The van der Waals surface area contributed by atoms with Crippen molar-refractivity contribution in [2.45, 2.75) is 22.4 Å². The van der Waals surface area contributed by atoms with Crippen LogP contribution in [0.15, 0.2) is 34.1 Å². The van der Waals surface area contributed by atoms with E-state index in [1.54, 1.807) is 0 Å². The van der Waals surface area contributed by atoms with E-state index in [1.165, 1.54) is 0 Å². The third-order valence-corrected chi connectivity index (χ3v) is 5.76. The molecule has 0 saturated heterocycles.